The minimum absolute atomic E-state index is 0.201. The number of nitrogens with zero attached hydrogens (tertiary/aromatic N) is 2. The quantitative estimate of drug-likeness (QED) is 0.289. The Hall–Kier alpha value is -0.240. The van der Waals surface area contributed by atoms with E-state index in [1.54, 1.807) is 11.8 Å². The van der Waals surface area contributed by atoms with Crippen LogP contribution in [0.4, 0.5) is 5.69 Å². The zero-order chi connectivity index (χ0) is 23.0. The molecule has 1 aromatic rings. The van der Waals surface area contributed by atoms with Gasteiger partial charge in [-0.3, -0.25) is 4.79 Å². The Balaban J connectivity index is 1.88. The summed E-state index contributed by atoms with van der Waals surface area (Å²) in [5.41, 5.74) is 7.61. The fourth-order valence-electron chi connectivity index (χ4n) is 4.41. The molecule has 2 saturated heterocycles. The molecule has 3 rings (SSSR count). The molecular formula is C19H30N4O3S5. The van der Waals surface area contributed by atoms with E-state index < -0.39 is 20.7 Å². The summed E-state index contributed by atoms with van der Waals surface area (Å²) in [4.78, 5) is 17.9. The van der Waals surface area contributed by atoms with Gasteiger partial charge in [-0.1, -0.05) is 6.92 Å². The van der Waals surface area contributed by atoms with Crippen LogP contribution in [-0.2, 0) is 21.2 Å². The van der Waals surface area contributed by atoms with Crippen molar-refractivity contribution in [2.24, 2.45) is 5.73 Å². The molecule has 2 aliphatic heterocycles. The van der Waals surface area contributed by atoms with Crippen LogP contribution in [0.1, 0.15) is 25.3 Å². The second kappa shape index (κ2) is 9.94. The number of sulfonamides is 1. The third-order valence-corrected chi connectivity index (χ3v) is 11.5. The standard InChI is InChI=1S/C19H30N4O3S5/c1-3-12-14(27)16(29)13(17(30-2)15(12)28)22-8-10-23(11-9-22)31(25,26)19(18(20)24)4-6-21-7-5-19/h21,27-29H,3-11H2,1-2H3,(H2,20,24). The van der Waals surface area contributed by atoms with Gasteiger partial charge in [-0.2, -0.15) is 4.31 Å². The van der Waals surface area contributed by atoms with Crippen LogP contribution in [0.25, 0.3) is 0 Å². The van der Waals surface area contributed by atoms with E-state index in [2.05, 4.69) is 29.8 Å². The lowest BCUT2D eigenvalue weighted by Gasteiger charge is -2.42. The first-order chi connectivity index (χ1) is 14.6. The van der Waals surface area contributed by atoms with Crippen LogP contribution in [0.2, 0.25) is 0 Å². The van der Waals surface area contributed by atoms with E-state index in [9.17, 15) is 13.2 Å². The van der Waals surface area contributed by atoms with Crippen LogP contribution >= 0.6 is 49.6 Å². The zero-order valence-corrected chi connectivity index (χ0v) is 22.0. The lowest BCUT2D eigenvalue weighted by Crippen LogP contribution is -2.62. The molecule has 2 heterocycles. The third-order valence-electron chi connectivity index (χ3n) is 6.26. The summed E-state index contributed by atoms with van der Waals surface area (Å²) in [6.45, 7) is 4.52. The highest BCUT2D eigenvalue weighted by Gasteiger charge is 2.53. The van der Waals surface area contributed by atoms with Crippen LogP contribution < -0.4 is 16.0 Å². The van der Waals surface area contributed by atoms with Gasteiger partial charge in [-0.05, 0) is 44.2 Å². The number of thiol groups is 3. The topological polar surface area (TPSA) is 95.7 Å². The Bertz CT molecular complexity index is 956. The number of thioether (sulfide) groups is 1. The number of primary amides is 1. The van der Waals surface area contributed by atoms with Crippen molar-refractivity contribution in [3.05, 3.63) is 5.56 Å². The van der Waals surface area contributed by atoms with Gasteiger partial charge in [0, 0.05) is 45.8 Å². The number of carbonyl (C=O) groups is 1. The highest BCUT2D eigenvalue weighted by Crippen LogP contribution is 2.45. The van der Waals surface area contributed by atoms with Crippen LogP contribution in [0, 0.1) is 0 Å². The molecule has 0 saturated carbocycles. The first kappa shape index (κ1) is 25.4. The van der Waals surface area contributed by atoms with E-state index in [4.69, 9.17) is 31.0 Å². The number of hydrogen-bond acceptors (Lipinski definition) is 9. The van der Waals surface area contributed by atoms with Crippen molar-refractivity contribution in [1.29, 1.82) is 0 Å². The average molecular weight is 523 g/mol. The van der Waals surface area contributed by atoms with Crippen molar-refractivity contribution in [1.82, 2.24) is 9.62 Å². The Morgan fingerprint density at radius 3 is 2.16 bits per heavy atom. The van der Waals surface area contributed by atoms with Crippen LogP contribution in [0.5, 0.6) is 0 Å². The van der Waals surface area contributed by atoms with Gasteiger partial charge in [0.05, 0.1) is 5.69 Å². The predicted octanol–water partition coefficient (Wildman–Crippen LogP) is 1.90. The lowest BCUT2D eigenvalue weighted by molar-refractivity contribution is -0.121. The fraction of sp³-hybridized carbons (Fsp3) is 0.632. The first-order valence-corrected chi connectivity index (χ1v) is 14.2. The molecule has 0 atom stereocenters. The molecule has 0 bridgehead atoms. The maximum atomic E-state index is 13.5. The Morgan fingerprint density at radius 1 is 1.10 bits per heavy atom. The molecule has 2 aliphatic rings. The minimum atomic E-state index is -3.87. The van der Waals surface area contributed by atoms with E-state index in [-0.39, 0.29) is 25.9 Å². The van der Waals surface area contributed by atoms with E-state index in [0.29, 0.717) is 26.2 Å². The third kappa shape index (κ3) is 4.33. The van der Waals surface area contributed by atoms with Crippen molar-refractivity contribution >= 4 is 71.3 Å². The van der Waals surface area contributed by atoms with Crippen molar-refractivity contribution in [3.8, 4) is 0 Å². The summed E-state index contributed by atoms with van der Waals surface area (Å²) in [6.07, 6.45) is 3.20. The second-order valence-corrected chi connectivity index (χ2v) is 12.2. The van der Waals surface area contributed by atoms with Gasteiger partial charge in [-0.15, -0.1) is 49.6 Å². The van der Waals surface area contributed by atoms with Crippen LogP contribution in [0.15, 0.2) is 19.6 Å². The van der Waals surface area contributed by atoms with Crippen LogP contribution in [0.3, 0.4) is 0 Å². The van der Waals surface area contributed by atoms with Gasteiger partial charge in [0.25, 0.3) is 0 Å². The highest BCUT2D eigenvalue weighted by molar-refractivity contribution is 7.99. The van der Waals surface area contributed by atoms with Crippen molar-refractivity contribution in [3.63, 3.8) is 0 Å². The minimum Gasteiger partial charge on any atom is -0.368 e. The zero-order valence-electron chi connectivity index (χ0n) is 17.7. The molecule has 0 aromatic heterocycles. The normalized spacial score (nSPS) is 20.1. The maximum Gasteiger partial charge on any atom is 0.240 e. The van der Waals surface area contributed by atoms with Gasteiger partial charge in [0.15, 0.2) is 4.75 Å². The summed E-state index contributed by atoms with van der Waals surface area (Å²) in [5.74, 6) is -0.756. The average Bonchev–Trinajstić information content (AvgIpc) is 2.76. The number of piperazine rings is 1. The number of rotatable bonds is 6. The summed E-state index contributed by atoms with van der Waals surface area (Å²) in [6, 6.07) is 0. The van der Waals surface area contributed by atoms with Crippen molar-refractivity contribution < 1.29 is 13.2 Å². The molecule has 0 unspecified atom stereocenters. The Morgan fingerprint density at radius 2 is 1.68 bits per heavy atom. The molecule has 0 spiro atoms. The largest absolute Gasteiger partial charge is 0.368 e. The van der Waals surface area contributed by atoms with Crippen LogP contribution in [-0.4, -0.2) is 68.9 Å². The van der Waals surface area contributed by atoms with Gasteiger partial charge in [-0.25, -0.2) is 8.42 Å². The Kier molecular flexibility index (Phi) is 8.14. The molecule has 0 aliphatic carbocycles. The molecule has 3 N–H and O–H groups in total. The molecule has 1 amide bonds. The molecule has 0 radical (unpaired) electrons. The first-order valence-electron chi connectivity index (χ1n) is 10.2. The maximum absolute atomic E-state index is 13.5. The monoisotopic (exact) mass is 522 g/mol. The van der Waals surface area contributed by atoms with Gasteiger partial charge in [0.2, 0.25) is 15.9 Å². The summed E-state index contributed by atoms with van der Waals surface area (Å²) < 4.78 is 26.8. The smallest absolute Gasteiger partial charge is 0.240 e. The highest BCUT2D eigenvalue weighted by atomic mass is 32.2. The van der Waals surface area contributed by atoms with E-state index in [1.807, 2.05) is 6.26 Å². The molecule has 174 valence electrons. The van der Waals surface area contributed by atoms with E-state index >= 15 is 0 Å². The molecule has 1 aromatic carbocycles. The van der Waals surface area contributed by atoms with Crippen molar-refractivity contribution in [2.45, 2.75) is 50.5 Å². The summed E-state index contributed by atoms with van der Waals surface area (Å²) >= 11 is 15.8. The molecule has 31 heavy (non-hydrogen) atoms. The number of nitrogens with one attached hydrogen (secondary N) is 1. The van der Waals surface area contributed by atoms with E-state index in [1.165, 1.54) is 4.31 Å². The second-order valence-electron chi connectivity index (χ2n) is 7.76. The molecular weight excluding hydrogens is 493 g/mol. The van der Waals surface area contributed by atoms with E-state index in [0.717, 1.165) is 37.3 Å². The number of piperidine rings is 1. The summed E-state index contributed by atoms with van der Waals surface area (Å²) in [7, 11) is -3.87. The number of hydrogen-bond donors (Lipinski definition) is 5. The van der Waals surface area contributed by atoms with Gasteiger partial charge < -0.3 is 16.0 Å². The number of anilines is 1. The molecule has 2 fully saturated rings. The predicted molar refractivity (Wildman–Crippen MR) is 136 cm³/mol. The number of amides is 1. The number of nitrogens with two attached hydrogens (primary N) is 1. The molecule has 12 heteroatoms. The molecule has 7 nitrogen and oxygen atoms in total. The van der Waals surface area contributed by atoms with Crippen molar-refractivity contribution in [2.75, 3.05) is 50.4 Å². The lowest BCUT2D eigenvalue weighted by atomic mass is 9.96. The summed E-state index contributed by atoms with van der Waals surface area (Å²) in [5, 5.41) is 3.11. The number of carbonyl (C=O) groups excluding carboxylic acids is 1. The fourth-order valence-corrected chi connectivity index (χ4v) is 8.84. The van der Waals surface area contributed by atoms with Gasteiger partial charge >= 0.3 is 0 Å². The SMILES string of the molecule is CCc1c(S)c(S)c(N2CCN(S(=O)(=O)C3(C(N)=O)CCNCC3)CC2)c(SC)c1S. The van der Waals surface area contributed by atoms with Gasteiger partial charge in [0.1, 0.15) is 0 Å². The number of benzene rings is 1. The Labute approximate surface area is 205 Å².